The standard InChI is InChI=1S/C19H32N4O.HI/c1-4-20-18(22-14-19(15-24)9-10-19)21-11-12-23(5-2)17-8-6-7-16(3)13-17;/h6-8,13,24H,4-5,9-12,14-15H2,1-3H3,(H2,20,21,22);1H. The van der Waals surface area contributed by atoms with E-state index >= 15 is 0 Å². The van der Waals surface area contributed by atoms with Crippen molar-refractivity contribution in [3.05, 3.63) is 29.8 Å². The van der Waals surface area contributed by atoms with Crippen molar-refractivity contribution in [3.63, 3.8) is 0 Å². The lowest BCUT2D eigenvalue weighted by molar-refractivity contribution is 0.217. The highest BCUT2D eigenvalue weighted by Crippen LogP contribution is 2.45. The van der Waals surface area contributed by atoms with Gasteiger partial charge >= 0.3 is 0 Å². The van der Waals surface area contributed by atoms with Crippen LogP contribution in [0.1, 0.15) is 32.3 Å². The van der Waals surface area contributed by atoms with Gasteiger partial charge in [0.2, 0.25) is 0 Å². The first-order chi connectivity index (χ1) is 11.6. The molecule has 1 aliphatic carbocycles. The molecule has 0 aliphatic heterocycles. The molecule has 1 aliphatic rings. The second kappa shape index (κ2) is 10.9. The molecule has 0 unspecified atom stereocenters. The monoisotopic (exact) mass is 460 g/mol. The average molecular weight is 460 g/mol. The maximum absolute atomic E-state index is 9.41. The molecule has 1 saturated carbocycles. The Bertz CT molecular complexity index is 546. The molecule has 1 fully saturated rings. The van der Waals surface area contributed by atoms with E-state index in [-0.39, 0.29) is 36.0 Å². The van der Waals surface area contributed by atoms with Crippen LogP contribution >= 0.6 is 24.0 Å². The van der Waals surface area contributed by atoms with Gasteiger partial charge in [0.1, 0.15) is 0 Å². The number of halogens is 1. The molecule has 0 amide bonds. The number of aliphatic imine (C=N–C) groups is 1. The van der Waals surface area contributed by atoms with Gasteiger partial charge in [-0.2, -0.15) is 0 Å². The van der Waals surface area contributed by atoms with Gasteiger partial charge in [0.25, 0.3) is 0 Å². The van der Waals surface area contributed by atoms with Crippen molar-refractivity contribution in [2.24, 2.45) is 10.4 Å². The van der Waals surface area contributed by atoms with E-state index in [1.807, 2.05) is 0 Å². The number of nitrogens with one attached hydrogen (secondary N) is 2. The van der Waals surface area contributed by atoms with Crippen LogP contribution in [0.3, 0.4) is 0 Å². The summed E-state index contributed by atoms with van der Waals surface area (Å²) in [6, 6.07) is 8.62. The summed E-state index contributed by atoms with van der Waals surface area (Å²) in [6.45, 7) is 10.9. The van der Waals surface area contributed by atoms with Crippen LogP contribution in [0.15, 0.2) is 29.3 Å². The Morgan fingerprint density at radius 2 is 2.04 bits per heavy atom. The molecule has 2 rings (SSSR count). The summed E-state index contributed by atoms with van der Waals surface area (Å²) in [4.78, 5) is 7.00. The Morgan fingerprint density at radius 1 is 1.28 bits per heavy atom. The Labute approximate surface area is 169 Å². The molecule has 25 heavy (non-hydrogen) atoms. The quantitative estimate of drug-likeness (QED) is 0.302. The van der Waals surface area contributed by atoms with Crippen LogP contribution < -0.4 is 15.5 Å². The maximum atomic E-state index is 9.41. The van der Waals surface area contributed by atoms with Gasteiger partial charge in [-0.05, 0) is 51.3 Å². The zero-order chi connectivity index (χ0) is 17.4. The molecule has 142 valence electrons. The topological polar surface area (TPSA) is 59.9 Å². The van der Waals surface area contributed by atoms with Crippen LogP contribution in [0.25, 0.3) is 0 Å². The summed E-state index contributed by atoms with van der Waals surface area (Å²) in [6.07, 6.45) is 2.17. The predicted molar refractivity (Wildman–Crippen MR) is 117 cm³/mol. The second-order valence-electron chi connectivity index (χ2n) is 6.70. The number of anilines is 1. The van der Waals surface area contributed by atoms with Gasteiger partial charge in [-0.25, -0.2) is 0 Å². The van der Waals surface area contributed by atoms with Crippen LogP contribution in [0.4, 0.5) is 5.69 Å². The van der Waals surface area contributed by atoms with E-state index in [1.54, 1.807) is 0 Å². The third kappa shape index (κ3) is 7.01. The molecule has 3 N–H and O–H groups in total. The number of guanidine groups is 1. The Morgan fingerprint density at radius 3 is 2.60 bits per heavy atom. The summed E-state index contributed by atoms with van der Waals surface area (Å²) < 4.78 is 0. The molecule has 0 bridgehead atoms. The van der Waals surface area contributed by atoms with Gasteiger partial charge in [-0.15, -0.1) is 24.0 Å². The van der Waals surface area contributed by atoms with Gasteiger partial charge < -0.3 is 20.6 Å². The van der Waals surface area contributed by atoms with Crippen molar-refractivity contribution in [3.8, 4) is 0 Å². The zero-order valence-corrected chi connectivity index (χ0v) is 18.0. The minimum absolute atomic E-state index is 0. The smallest absolute Gasteiger partial charge is 0.191 e. The van der Waals surface area contributed by atoms with Gasteiger partial charge in [0.05, 0.1) is 13.2 Å². The lowest BCUT2D eigenvalue weighted by Gasteiger charge is -2.24. The highest BCUT2D eigenvalue weighted by molar-refractivity contribution is 14.0. The molecule has 5 nitrogen and oxygen atoms in total. The lowest BCUT2D eigenvalue weighted by atomic mass is 10.1. The van der Waals surface area contributed by atoms with Crippen LogP contribution in [-0.2, 0) is 0 Å². The number of rotatable bonds is 9. The van der Waals surface area contributed by atoms with E-state index in [0.29, 0.717) is 6.54 Å². The molecule has 0 saturated heterocycles. The SMILES string of the molecule is CCNC(=NCC1(CO)CC1)NCCN(CC)c1cccc(C)c1.I. The molecule has 0 radical (unpaired) electrons. The Hall–Kier alpha value is -1.02. The van der Waals surface area contributed by atoms with Crippen molar-refractivity contribution < 1.29 is 5.11 Å². The molecule has 1 aromatic rings. The molecular formula is C19H33IN4O. The van der Waals surface area contributed by atoms with E-state index < -0.39 is 0 Å². The lowest BCUT2D eigenvalue weighted by Crippen LogP contribution is -2.42. The minimum Gasteiger partial charge on any atom is -0.396 e. The highest BCUT2D eigenvalue weighted by atomic mass is 127. The third-order valence-corrected chi connectivity index (χ3v) is 4.63. The number of aliphatic hydroxyl groups is 1. The number of hydrogen-bond acceptors (Lipinski definition) is 3. The van der Waals surface area contributed by atoms with E-state index in [4.69, 9.17) is 0 Å². The van der Waals surface area contributed by atoms with Crippen molar-refractivity contribution in [2.45, 2.75) is 33.6 Å². The van der Waals surface area contributed by atoms with Gasteiger partial charge in [-0.1, -0.05) is 12.1 Å². The van der Waals surface area contributed by atoms with Crippen LogP contribution in [0, 0.1) is 12.3 Å². The third-order valence-electron chi connectivity index (χ3n) is 4.63. The maximum Gasteiger partial charge on any atom is 0.191 e. The summed E-state index contributed by atoms with van der Waals surface area (Å²) in [7, 11) is 0. The van der Waals surface area contributed by atoms with Gasteiger partial charge in [-0.3, -0.25) is 4.99 Å². The molecular weight excluding hydrogens is 427 g/mol. The van der Waals surface area contributed by atoms with Gasteiger partial charge in [0.15, 0.2) is 5.96 Å². The normalized spacial score (nSPS) is 15.3. The second-order valence-corrected chi connectivity index (χ2v) is 6.70. The van der Waals surface area contributed by atoms with Gasteiger partial charge in [0, 0.05) is 37.3 Å². The summed E-state index contributed by atoms with van der Waals surface area (Å²) in [5.74, 6) is 0.845. The summed E-state index contributed by atoms with van der Waals surface area (Å²) >= 11 is 0. The number of likely N-dealkylation sites (N-methyl/N-ethyl adjacent to an activating group) is 1. The van der Waals surface area contributed by atoms with E-state index in [1.165, 1.54) is 11.3 Å². The number of nitrogens with zero attached hydrogens (tertiary/aromatic N) is 2. The fourth-order valence-electron chi connectivity index (χ4n) is 2.74. The Kier molecular flexibility index (Phi) is 9.56. The summed E-state index contributed by atoms with van der Waals surface area (Å²) in [5.41, 5.74) is 2.60. The van der Waals surface area contributed by atoms with Crippen LogP contribution in [0.2, 0.25) is 0 Å². The van der Waals surface area contributed by atoms with E-state index in [2.05, 4.69) is 65.6 Å². The van der Waals surface area contributed by atoms with Crippen molar-refractivity contribution in [2.75, 3.05) is 44.2 Å². The largest absolute Gasteiger partial charge is 0.396 e. The first-order valence-corrected chi connectivity index (χ1v) is 9.07. The fourth-order valence-corrected chi connectivity index (χ4v) is 2.74. The molecule has 0 spiro atoms. The minimum atomic E-state index is 0. The highest BCUT2D eigenvalue weighted by Gasteiger charge is 2.41. The number of aliphatic hydroxyl groups excluding tert-OH is 1. The van der Waals surface area contributed by atoms with Crippen molar-refractivity contribution >= 4 is 35.6 Å². The molecule has 0 aromatic heterocycles. The van der Waals surface area contributed by atoms with Crippen LogP contribution in [-0.4, -0.2) is 50.4 Å². The average Bonchev–Trinajstić information content (AvgIpc) is 3.37. The van der Waals surface area contributed by atoms with Crippen molar-refractivity contribution in [1.29, 1.82) is 0 Å². The first kappa shape index (κ1) is 22.0. The predicted octanol–water partition coefficient (Wildman–Crippen LogP) is 2.77. The number of benzene rings is 1. The van der Waals surface area contributed by atoms with Crippen molar-refractivity contribution in [1.82, 2.24) is 10.6 Å². The number of aryl methyl sites for hydroxylation is 1. The number of hydrogen-bond donors (Lipinski definition) is 3. The first-order valence-electron chi connectivity index (χ1n) is 9.07. The molecule has 1 aromatic carbocycles. The zero-order valence-electron chi connectivity index (χ0n) is 15.7. The molecule has 6 heteroatoms. The molecule has 0 atom stereocenters. The molecule has 0 heterocycles. The van der Waals surface area contributed by atoms with E-state index in [0.717, 1.165) is 45.0 Å². The van der Waals surface area contributed by atoms with E-state index in [9.17, 15) is 5.11 Å². The van der Waals surface area contributed by atoms with Crippen LogP contribution in [0.5, 0.6) is 0 Å². The fraction of sp³-hybridized carbons (Fsp3) is 0.632. The summed E-state index contributed by atoms with van der Waals surface area (Å²) in [5, 5.41) is 16.1. The Balaban J connectivity index is 0.00000312.